The quantitative estimate of drug-likeness (QED) is 0.527. The van der Waals surface area contributed by atoms with Crippen LogP contribution in [0.25, 0.3) is 33.1 Å². The van der Waals surface area contributed by atoms with Gasteiger partial charge in [0.2, 0.25) is 5.91 Å². The lowest BCUT2D eigenvalue weighted by molar-refractivity contribution is 0.0943. The van der Waals surface area contributed by atoms with Gasteiger partial charge in [-0.05, 0) is 24.1 Å². The molecule has 124 valence electrons. The predicted molar refractivity (Wildman–Crippen MR) is 101 cm³/mol. The number of rotatable bonds is 1. The Morgan fingerprint density at radius 3 is 2.28 bits per heavy atom. The van der Waals surface area contributed by atoms with E-state index in [-0.39, 0.29) is 11.5 Å². The molecular weight excluding hydrogens is 312 g/mol. The molecule has 2 heterocycles. The summed E-state index contributed by atoms with van der Waals surface area (Å²) in [5, 5.41) is 1.51. The van der Waals surface area contributed by atoms with Crippen molar-refractivity contribution in [1.29, 1.82) is 0 Å². The molecule has 4 aromatic rings. The van der Waals surface area contributed by atoms with Crippen LogP contribution in [-0.4, -0.2) is 15.0 Å². The minimum atomic E-state index is -0.102. The second-order valence-corrected chi connectivity index (χ2v) is 6.30. The Balaban J connectivity index is 2.34. The fraction of sp³-hybridized carbons (Fsp3) is 0.143. The summed E-state index contributed by atoms with van der Waals surface area (Å²) >= 11 is 0. The molecule has 0 saturated heterocycles. The summed E-state index contributed by atoms with van der Waals surface area (Å²) in [6.45, 7) is 3.46. The molecule has 0 N–H and O–H groups in total. The molecule has 2 aromatic carbocycles. The lowest BCUT2D eigenvalue weighted by Gasteiger charge is -2.10. The molecule has 0 amide bonds. The molecule has 4 heteroatoms. The Morgan fingerprint density at radius 2 is 1.60 bits per heavy atom. The molecule has 0 spiro atoms. The van der Waals surface area contributed by atoms with Crippen molar-refractivity contribution >= 4 is 27.7 Å². The number of nitrogens with zero attached hydrogens (tertiary/aromatic N) is 2. The summed E-state index contributed by atoms with van der Waals surface area (Å²) in [5.41, 5.74) is 3.99. The monoisotopic (exact) mass is 330 g/mol. The Bertz CT molecular complexity index is 1200. The van der Waals surface area contributed by atoms with E-state index in [1.54, 1.807) is 16.2 Å². The minimum absolute atomic E-state index is 0.0802. The van der Waals surface area contributed by atoms with Crippen LogP contribution < -0.4 is 5.56 Å². The molecule has 0 aliphatic carbocycles. The highest BCUT2D eigenvalue weighted by atomic mass is 16.2. The minimum Gasteiger partial charge on any atom is -0.311 e. The average molecular weight is 330 g/mol. The number of aryl methyl sites for hydroxylation is 2. The van der Waals surface area contributed by atoms with Crippen LogP contribution in [0.1, 0.15) is 17.3 Å². The number of aromatic nitrogens is 2. The smallest absolute Gasteiger partial charge is 0.260 e. The van der Waals surface area contributed by atoms with Crippen LogP contribution in [0, 0.1) is 6.92 Å². The van der Waals surface area contributed by atoms with E-state index in [9.17, 15) is 9.59 Å². The molecule has 0 unspecified atom stereocenters. The molecule has 4 nitrogen and oxygen atoms in total. The number of para-hydroxylation sites is 1. The highest BCUT2D eigenvalue weighted by molar-refractivity contribution is 6.12. The highest BCUT2D eigenvalue weighted by Gasteiger charge is 2.23. The van der Waals surface area contributed by atoms with E-state index >= 15 is 0 Å². The third-order valence-electron chi connectivity index (χ3n) is 4.82. The molecular formula is C21H18N2O2. The third kappa shape index (κ3) is 2.07. The lowest BCUT2D eigenvalue weighted by atomic mass is 10.1. The van der Waals surface area contributed by atoms with E-state index in [1.807, 2.05) is 61.5 Å². The summed E-state index contributed by atoms with van der Waals surface area (Å²) in [4.78, 5) is 25.6. The van der Waals surface area contributed by atoms with Gasteiger partial charge in [0.1, 0.15) is 0 Å². The fourth-order valence-electron chi connectivity index (χ4n) is 3.70. The number of hydrogen-bond acceptors (Lipinski definition) is 2. The van der Waals surface area contributed by atoms with Crippen molar-refractivity contribution in [2.75, 3.05) is 0 Å². The van der Waals surface area contributed by atoms with Crippen LogP contribution >= 0.6 is 0 Å². The zero-order valence-electron chi connectivity index (χ0n) is 14.4. The van der Waals surface area contributed by atoms with Gasteiger partial charge in [-0.15, -0.1) is 0 Å². The molecule has 2 aromatic heterocycles. The Labute approximate surface area is 144 Å². The maximum Gasteiger partial charge on any atom is 0.260 e. The maximum atomic E-state index is 13.0. The zero-order valence-corrected chi connectivity index (χ0v) is 14.4. The summed E-state index contributed by atoms with van der Waals surface area (Å²) in [7, 11) is 1.77. The van der Waals surface area contributed by atoms with Gasteiger partial charge in [0.15, 0.2) is 0 Å². The lowest BCUT2D eigenvalue weighted by Crippen LogP contribution is -2.18. The molecule has 4 rings (SSSR count). The number of pyridine rings is 1. The van der Waals surface area contributed by atoms with Gasteiger partial charge in [-0.3, -0.25) is 14.2 Å². The standard InChI is InChI=1S/C21H18N2O2/c1-13-18-20(16-11-7-8-12-17(16)22(3)21(18)25)23(14(2)24)19(13)15-9-5-4-6-10-15/h4-12H,1-3H3. The van der Waals surface area contributed by atoms with Crippen molar-refractivity contribution in [2.45, 2.75) is 13.8 Å². The van der Waals surface area contributed by atoms with Crippen LogP contribution in [0.2, 0.25) is 0 Å². The highest BCUT2D eigenvalue weighted by Crippen LogP contribution is 2.35. The van der Waals surface area contributed by atoms with Crippen LogP contribution in [-0.2, 0) is 7.05 Å². The molecule has 0 bridgehead atoms. The summed E-state index contributed by atoms with van der Waals surface area (Å²) in [6.07, 6.45) is 0. The van der Waals surface area contributed by atoms with Crippen molar-refractivity contribution in [3.63, 3.8) is 0 Å². The van der Waals surface area contributed by atoms with Gasteiger partial charge in [0.05, 0.1) is 22.1 Å². The molecule has 25 heavy (non-hydrogen) atoms. The van der Waals surface area contributed by atoms with Gasteiger partial charge >= 0.3 is 0 Å². The average Bonchev–Trinajstić information content (AvgIpc) is 2.94. The molecule has 0 aliphatic rings. The van der Waals surface area contributed by atoms with Gasteiger partial charge in [-0.25, -0.2) is 0 Å². The van der Waals surface area contributed by atoms with Gasteiger partial charge in [0, 0.05) is 19.4 Å². The van der Waals surface area contributed by atoms with Crippen molar-refractivity contribution in [3.05, 3.63) is 70.5 Å². The molecule has 0 aliphatic heterocycles. The Hall–Kier alpha value is -3.14. The second kappa shape index (κ2) is 5.45. The van der Waals surface area contributed by atoms with Crippen molar-refractivity contribution in [2.24, 2.45) is 7.05 Å². The first kappa shape index (κ1) is 15.4. The number of hydrogen-bond donors (Lipinski definition) is 0. The van der Waals surface area contributed by atoms with Crippen LogP contribution in [0.4, 0.5) is 0 Å². The van der Waals surface area contributed by atoms with Gasteiger partial charge in [-0.1, -0.05) is 48.5 Å². The second-order valence-electron chi connectivity index (χ2n) is 6.30. The molecule has 0 saturated carbocycles. The number of carbonyl (C=O) groups is 1. The third-order valence-corrected chi connectivity index (χ3v) is 4.82. The van der Waals surface area contributed by atoms with Gasteiger partial charge < -0.3 is 4.57 Å². The van der Waals surface area contributed by atoms with E-state index in [0.717, 1.165) is 27.7 Å². The van der Waals surface area contributed by atoms with E-state index in [2.05, 4.69) is 0 Å². The van der Waals surface area contributed by atoms with Gasteiger partial charge in [-0.2, -0.15) is 0 Å². The molecule has 0 atom stereocenters. The van der Waals surface area contributed by atoms with Gasteiger partial charge in [0.25, 0.3) is 5.56 Å². The van der Waals surface area contributed by atoms with Crippen molar-refractivity contribution < 1.29 is 4.79 Å². The van der Waals surface area contributed by atoms with E-state index in [1.165, 1.54) is 6.92 Å². The Morgan fingerprint density at radius 1 is 0.960 bits per heavy atom. The number of carbonyl (C=O) groups excluding carboxylic acids is 1. The first-order valence-electron chi connectivity index (χ1n) is 8.21. The van der Waals surface area contributed by atoms with E-state index < -0.39 is 0 Å². The first-order chi connectivity index (χ1) is 12.0. The normalized spacial score (nSPS) is 11.3. The topological polar surface area (TPSA) is 44.0 Å². The predicted octanol–water partition coefficient (Wildman–Crippen LogP) is 4.13. The van der Waals surface area contributed by atoms with Crippen molar-refractivity contribution in [1.82, 2.24) is 9.13 Å². The number of fused-ring (bicyclic) bond motifs is 3. The Kier molecular flexibility index (Phi) is 3.35. The summed E-state index contributed by atoms with van der Waals surface area (Å²) in [5.74, 6) is -0.102. The maximum absolute atomic E-state index is 13.0. The van der Waals surface area contributed by atoms with Crippen molar-refractivity contribution in [3.8, 4) is 11.3 Å². The number of benzene rings is 2. The SMILES string of the molecule is CC(=O)n1c(-c2ccccc2)c(C)c2c(=O)n(C)c3ccccc3c21. The van der Waals surface area contributed by atoms with Crippen LogP contribution in [0.5, 0.6) is 0 Å². The van der Waals surface area contributed by atoms with E-state index in [0.29, 0.717) is 10.9 Å². The molecule has 0 radical (unpaired) electrons. The van der Waals surface area contributed by atoms with E-state index in [4.69, 9.17) is 0 Å². The summed E-state index contributed by atoms with van der Waals surface area (Å²) in [6, 6.07) is 17.5. The molecule has 0 fully saturated rings. The summed E-state index contributed by atoms with van der Waals surface area (Å²) < 4.78 is 3.34. The first-order valence-corrected chi connectivity index (χ1v) is 8.21. The van der Waals surface area contributed by atoms with Crippen LogP contribution in [0.3, 0.4) is 0 Å². The van der Waals surface area contributed by atoms with Crippen LogP contribution in [0.15, 0.2) is 59.4 Å². The largest absolute Gasteiger partial charge is 0.311 e. The fourth-order valence-corrected chi connectivity index (χ4v) is 3.70. The zero-order chi connectivity index (χ0) is 17.7.